The number of rotatable bonds is 5. The zero-order valence-corrected chi connectivity index (χ0v) is 16.6. The van der Waals surface area contributed by atoms with Crippen LogP contribution in [-0.4, -0.2) is 35.8 Å². The smallest absolute Gasteiger partial charge is 0.339 e. The molecule has 0 fully saturated rings. The van der Waals surface area contributed by atoms with Crippen molar-refractivity contribution in [2.75, 3.05) is 19.5 Å². The molecule has 0 radical (unpaired) electrons. The van der Waals surface area contributed by atoms with Gasteiger partial charge in [0.1, 0.15) is 17.2 Å². The molecule has 1 atom stereocenters. The van der Waals surface area contributed by atoms with E-state index in [1.807, 2.05) is 0 Å². The minimum Gasteiger partial charge on any atom is -0.493 e. The van der Waals surface area contributed by atoms with Crippen LogP contribution in [0, 0.1) is 11.6 Å². The highest BCUT2D eigenvalue weighted by atomic mass is 19.1. The van der Waals surface area contributed by atoms with Crippen LogP contribution in [-0.2, 0) is 4.79 Å². The molecule has 9 heteroatoms. The second-order valence-electron chi connectivity index (χ2n) is 7.03. The number of fused-ring (bicyclic) bond motifs is 1. The van der Waals surface area contributed by atoms with Crippen molar-refractivity contribution in [2.24, 2.45) is 0 Å². The predicted molar refractivity (Wildman–Crippen MR) is 107 cm³/mol. The fraction of sp³-hybridized carbons (Fsp3) is 0.182. The Hall–Kier alpha value is -3.88. The zero-order valence-electron chi connectivity index (χ0n) is 16.6. The number of aromatic carboxylic acids is 1. The maximum atomic E-state index is 13.9. The molecule has 2 heterocycles. The van der Waals surface area contributed by atoms with E-state index in [1.165, 1.54) is 25.0 Å². The number of methoxy groups -OCH3 is 2. The molecule has 160 valence electrons. The van der Waals surface area contributed by atoms with Crippen LogP contribution in [0.25, 0.3) is 5.69 Å². The highest BCUT2D eigenvalue weighted by Crippen LogP contribution is 2.43. The number of halogens is 2. The van der Waals surface area contributed by atoms with Gasteiger partial charge in [0.25, 0.3) is 0 Å². The minimum atomic E-state index is -1.28. The molecule has 0 spiro atoms. The SMILES string of the molecule is COc1ccc([C@@H]2CC(=O)Nc3c(C(=O)O)cn(-c4cc(F)cc(F)c4)c32)cc1OC. The molecule has 0 aliphatic carbocycles. The van der Waals surface area contributed by atoms with E-state index in [9.17, 15) is 23.5 Å². The Morgan fingerprint density at radius 3 is 2.39 bits per heavy atom. The number of hydrogen-bond acceptors (Lipinski definition) is 4. The van der Waals surface area contributed by atoms with Gasteiger partial charge in [-0.3, -0.25) is 4.79 Å². The van der Waals surface area contributed by atoms with Crippen molar-refractivity contribution < 1.29 is 33.0 Å². The van der Waals surface area contributed by atoms with E-state index < -0.39 is 23.5 Å². The lowest BCUT2D eigenvalue weighted by Crippen LogP contribution is -2.25. The molecule has 1 aliphatic heterocycles. The maximum absolute atomic E-state index is 13.9. The van der Waals surface area contributed by atoms with Crippen molar-refractivity contribution in [1.29, 1.82) is 0 Å². The number of carbonyl (C=O) groups excluding carboxylic acids is 1. The second kappa shape index (κ2) is 7.75. The van der Waals surface area contributed by atoms with E-state index >= 15 is 0 Å². The van der Waals surface area contributed by atoms with Gasteiger partial charge in [0, 0.05) is 24.6 Å². The first-order chi connectivity index (χ1) is 14.8. The third-order valence-electron chi connectivity index (χ3n) is 5.19. The predicted octanol–water partition coefficient (Wildman–Crippen LogP) is 3.95. The van der Waals surface area contributed by atoms with Crippen molar-refractivity contribution >= 4 is 17.6 Å². The summed E-state index contributed by atoms with van der Waals surface area (Å²) in [5.74, 6) is -2.95. The van der Waals surface area contributed by atoms with Crippen molar-refractivity contribution in [2.45, 2.75) is 12.3 Å². The first-order valence-electron chi connectivity index (χ1n) is 9.29. The van der Waals surface area contributed by atoms with Crippen LogP contribution in [0.5, 0.6) is 11.5 Å². The van der Waals surface area contributed by atoms with Gasteiger partial charge in [-0.2, -0.15) is 0 Å². The van der Waals surface area contributed by atoms with Crippen LogP contribution in [0.3, 0.4) is 0 Å². The number of anilines is 1. The normalized spacial score (nSPS) is 15.2. The van der Waals surface area contributed by atoms with Gasteiger partial charge in [0.2, 0.25) is 5.91 Å². The highest BCUT2D eigenvalue weighted by Gasteiger charge is 2.35. The molecule has 0 bridgehead atoms. The van der Waals surface area contributed by atoms with E-state index in [4.69, 9.17) is 9.47 Å². The van der Waals surface area contributed by atoms with Crippen LogP contribution in [0.2, 0.25) is 0 Å². The number of ether oxygens (including phenoxy) is 2. The summed E-state index contributed by atoms with van der Waals surface area (Å²) >= 11 is 0. The number of nitrogens with one attached hydrogen (secondary N) is 1. The van der Waals surface area contributed by atoms with Crippen molar-refractivity contribution in [1.82, 2.24) is 4.57 Å². The minimum absolute atomic E-state index is 0.00333. The van der Waals surface area contributed by atoms with Gasteiger partial charge < -0.3 is 24.5 Å². The molecule has 0 unspecified atom stereocenters. The first kappa shape index (κ1) is 20.4. The summed E-state index contributed by atoms with van der Waals surface area (Å²) in [5, 5.41) is 12.3. The third kappa shape index (κ3) is 3.58. The molecule has 3 aromatic rings. The van der Waals surface area contributed by atoms with Crippen LogP contribution >= 0.6 is 0 Å². The Morgan fingerprint density at radius 2 is 1.77 bits per heavy atom. The quantitative estimate of drug-likeness (QED) is 0.643. The topological polar surface area (TPSA) is 89.8 Å². The van der Waals surface area contributed by atoms with Crippen LogP contribution in [0.4, 0.5) is 14.5 Å². The molecule has 31 heavy (non-hydrogen) atoms. The van der Waals surface area contributed by atoms with Gasteiger partial charge in [-0.25, -0.2) is 13.6 Å². The first-order valence-corrected chi connectivity index (χ1v) is 9.29. The fourth-order valence-electron chi connectivity index (χ4n) is 3.87. The fourth-order valence-corrected chi connectivity index (χ4v) is 3.87. The molecule has 7 nitrogen and oxygen atoms in total. The van der Waals surface area contributed by atoms with Gasteiger partial charge in [-0.05, 0) is 29.8 Å². The number of aromatic nitrogens is 1. The van der Waals surface area contributed by atoms with Gasteiger partial charge in [-0.15, -0.1) is 0 Å². The molecule has 0 saturated carbocycles. The third-order valence-corrected chi connectivity index (χ3v) is 5.19. The van der Waals surface area contributed by atoms with E-state index in [0.29, 0.717) is 22.8 Å². The average Bonchev–Trinajstić information content (AvgIpc) is 3.11. The number of carbonyl (C=O) groups is 2. The molecule has 2 N–H and O–H groups in total. The number of carboxylic acid groups (broad SMARTS) is 1. The molecule has 2 aromatic carbocycles. The summed E-state index contributed by atoms with van der Waals surface area (Å²) in [5.41, 5.74) is 1.06. The van der Waals surface area contributed by atoms with Crippen LogP contribution in [0.1, 0.15) is 34.0 Å². The molecule has 1 aliphatic rings. The monoisotopic (exact) mass is 428 g/mol. The largest absolute Gasteiger partial charge is 0.493 e. The average molecular weight is 428 g/mol. The maximum Gasteiger partial charge on any atom is 0.339 e. The lowest BCUT2D eigenvalue weighted by atomic mass is 9.88. The van der Waals surface area contributed by atoms with E-state index in [1.54, 1.807) is 18.2 Å². The standard InChI is InChI=1S/C22H18F2N2O5/c1-30-17-4-3-11(5-18(17)31-2)15-9-19(27)25-20-16(22(28)29)10-26(21(15)20)14-7-12(23)6-13(24)8-14/h3-8,10,15H,9H2,1-2H3,(H,25,27)(H,28,29)/t15-/m0/s1. The molecular weight excluding hydrogens is 410 g/mol. The van der Waals surface area contributed by atoms with Gasteiger partial charge in [-0.1, -0.05) is 6.07 Å². The molecule has 1 aromatic heterocycles. The summed E-state index contributed by atoms with van der Waals surface area (Å²) in [6.45, 7) is 0. The van der Waals surface area contributed by atoms with Crippen LogP contribution < -0.4 is 14.8 Å². The number of hydrogen-bond donors (Lipinski definition) is 2. The molecule has 1 amide bonds. The van der Waals surface area contributed by atoms with E-state index in [-0.39, 0.29) is 29.3 Å². The molecular formula is C22H18F2N2O5. The number of carboxylic acids is 1. The summed E-state index contributed by atoms with van der Waals surface area (Å²) in [6, 6.07) is 8.01. The lowest BCUT2D eigenvalue weighted by molar-refractivity contribution is -0.116. The Balaban J connectivity index is 1.97. The number of amides is 1. The van der Waals surface area contributed by atoms with Gasteiger partial charge in [0.15, 0.2) is 11.5 Å². The Bertz CT molecular complexity index is 1180. The molecule has 0 saturated heterocycles. The second-order valence-corrected chi connectivity index (χ2v) is 7.03. The van der Waals surface area contributed by atoms with Gasteiger partial charge in [0.05, 0.1) is 31.3 Å². The summed E-state index contributed by atoms with van der Waals surface area (Å²) in [6.07, 6.45) is 1.25. The van der Waals surface area contributed by atoms with E-state index in [2.05, 4.69) is 5.32 Å². The summed E-state index contributed by atoms with van der Waals surface area (Å²) < 4.78 is 39.8. The highest BCUT2D eigenvalue weighted by molar-refractivity contribution is 6.04. The summed E-state index contributed by atoms with van der Waals surface area (Å²) in [7, 11) is 2.97. The number of benzene rings is 2. The zero-order chi connectivity index (χ0) is 22.3. The van der Waals surface area contributed by atoms with E-state index in [0.717, 1.165) is 18.2 Å². The van der Waals surface area contributed by atoms with Gasteiger partial charge >= 0.3 is 5.97 Å². The van der Waals surface area contributed by atoms with Crippen molar-refractivity contribution in [3.63, 3.8) is 0 Å². The lowest BCUT2D eigenvalue weighted by Gasteiger charge is -2.26. The Kier molecular flexibility index (Phi) is 5.10. The van der Waals surface area contributed by atoms with Crippen molar-refractivity contribution in [3.8, 4) is 17.2 Å². The Labute approximate surface area is 175 Å². The van der Waals surface area contributed by atoms with Crippen molar-refractivity contribution in [3.05, 3.63) is 71.1 Å². The Morgan fingerprint density at radius 1 is 1.10 bits per heavy atom. The number of nitrogens with zero attached hydrogens (tertiary/aromatic N) is 1. The van der Waals surface area contributed by atoms with Crippen LogP contribution in [0.15, 0.2) is 42.6 Å². The molecule has 4 rings (SSSR count). The summed E-state index contributed by atoms with van der Waals surface area (Å²) in [4.78, 5) is 24.3.